The van der Waals surface area contributed by atoms with Crippen LogP contribution in [-0.4, -0.2) is 62.5 Å². The molecule has 3 heterocycles. The number of carbonyl (C=O) groups is 2. The monoisotopic (exact) mass is 453 g/mol. The summed E-state index contributed by atoms with van der Waals surface area (Å²) in [7, 11) is 3.03. The first-order chi connectivity index (χ1) is 16.1. The summed E-state index contributed by atoms with van der Waals surface area (Å²) in [6, 6.07) is 0. The Bertz CT molecular complexity index is 1130. The average molecular weight is 453 g/mol. The third-order valence-electron chi connectivity index (χ3n) is 4.79. The summed E-state index contributed by atoms with van der Waals surface area (Å²) < 4.78 is 12.0. The first-order valence-corrected chi connectivity index (χ1v) is 10.2. The van der Waals surface area contributed by atoms with E-state index in [1.54, 1.807) is 25.7 Å². The molecule has 172 valence electrons. The Labute approximate surface area is 189 Å². The van der Waals surface area contributed by atoms with E-state index < -0.39 is 12.0 Å². The van der Waals surface area contributed by atoms with Crippen molar-refractivity contribution in [3.8, 4) is 5.88 Å². The lowest BCUT2D eigenvalue weighted by Gasteiger charge is -2.12. The van der Waals surface area contributed by atoms with Gasteiger partial charge in [-0.3, -0.25) is 14.8 Å². The van der Waals surface area contributed by atoms with E-state index >= 15 is 0 Å². The van der Waals surface area contributed by atoms with Gasteiger partial charge in [0.1, 0.15) is 12.0 Å². The maximum Gasteiger partial charge on any atom is 0.418 e. The third-order valence-corrected chi connectivity index (χ3v) is 4.79. The number of anilines is 3. The molecule has 1 aliphatic rings. The third kappa shape index (κ3) is 5.38. The Kier molecular flexibility index (Phi) is 6.69. The number of nitrogens with one attached hydrogen (secondary N) is 3. The SMILES string of the molecule is CNC(=O)c1c(NC(=O)Oc2nc(C3CC3)cnc2Nc2cncnc2)cnn1CCOC. The highest BCUT2D eigenvalue weighted by atomic mass is 16.6. The van der Waals surface area contributed by atoms with Crippen LogP contribution in [0.2, 0.25) is 0 Å². The van der Waals surface area contributed by atoms with Gasteiger partial charge in [-0.15, -0.1) is 0 Å². The normalized spacial score (nSPS) is 12.8. The Balaban J connectivity index is 1.55. The number of aromatic nitrogens is 6. The topological polar surface area (TPSA) is 158 Å². The van der Waals surface area contributed by atoms with Gasteiger partial charge in [0.15, 0.2) is 5.82 Å². The van der Waals surface area contributed by atoms with Crippen molar-refractivity contribution < 1.29 is 19.1 Å². The molecule has 13 nitrogen and oxygen atoms in total. The molecule has 0 saturated heterocycles. The van der Waals surface area contributed by atoms with E-state index in [2.05, 4.69) is 41.0 Å². The van der Waals surface area contributed by atoms with Crippen LogP contribution in [0.25, 0.3) is 0 Å². The zero-order valence-electron chi connectivity index (χ0n) is 18.1. The molecule has 4 rings (SSSR count). The fraction of sp³-hybridized carbons (Fsp3) is 0.350. The molecule has 0 radical (unpaired) electrons. The summed E-state index contributed by atoms with van der Waals surface area (Å²) in [5, 5.41) is 12.2. The zero-order valence-corrected chi connectivity index (χ0v) is 18.1. The molecule has 33 heavy (non-hydrogen) atoms. The quantitative estimate of drug-likeness (QED) is 0.435. The molecule has 0 spiro atoms. The van der Waals surface area contributed by atoms with Crippen molar-refractivity contribution in [2.45, 2.75) is 25.3 Å². The van der Waals surface area contributed by atoms with Crippen LogP contribution < -0.4 is 20.7 Å². The highest BCUT2D eigenvalue weighted by Crippen LogP contribution is 2.40. The first-order valence-electron chi connectivity index (χ1n) is 10.2. The maximum absolute atomic E-state index is 12.7. The van der Waals surface area contributed by atoms with Gasteiger partial charge in [-0.25, -0.2) is 24.7 Å². The molecular weight excluding hydrogens is 430 g/mol. The molecule has 1 aliphatic carbocycles. The van der Waals surface area contributed by atoms with Crippen molar-refractivity contribution in [1.29, 1.82) is 0 Å². The Morgan fingerprint density at radius 2 is 1.97 bits per heavy atom. The molecule has 1 fully saturated rings. The van der Waals surface area contributed by atoms with Crippen molar-refractivity contribution in [3.63, 3.8) is 0 Å². The van der Waals surface area contributed by atoms with Gasteiger partial charge in [-0.2, -0.15) is 5.10 Å². The minimum atomic E-state index is -0.846. The second kappa shape index (κ2) is 9.99. The van der Waals surface area contributed by atoms with Gasteiger partial charge >= 0.3 is 6.09 Å². The molecular formula is C20H23N9O4. The number of hydrogen-bond donors (Lipinski definition) is 3. The van der Waals surface area contributed by atoms with Gasteiger partial charge in [0, 0.05) is 20.1 Å². The summed E-state index contributed by atoms with van der Waals surface area (Å²) in [4.78, 5) is 41.8. The van der Waals surface area contributed by atoms with Gasteiger partial charge in [0.25, 0.3) is 11.8 Å². The van der Waals surface area contributed by atoms with Crippen molar-refractivity contribution in [2.75, 3.05) is 31.4 Å². The van der Waals surface area contributed by atoms with Crippen LogP contribution in [0.1, 0.15) is 34.9 Å². The number of amides is 2. The van der Waals surface area contributed by atoms with E-state index in [-0.39, 0.29) is 23.1 Å². The second-order valence-electron chi connectivity index (χ2n) is 7.19. The Hall–Kier alpha value is -4.13. The summed E-state index contributed by atoms with van der Waals surface area (Å²) >= 11 is 0. The molecule has 13 heteroatoms. The molecule has 0 aliphatic heterocycles. The summed E-state index contributed by atoms with van der Waals surface area (Å²) in [6.45, 7) is 0.676. The largest absolute Gasteiger partial charge is 0.418 e. The molecule has 3 N–H and O–H groups in total. The first kappa shape index (κ1) is 22.1. The molecule has 3 aromatic heterocycles. The van der Waals surface area contributed by atoms with Crippen LogP contribution in [0.15, 0.2) is 31.1 Å². The molecule has 0 bridgehead atoms. The van der Waals surface area contributed by atoms with Crippen LogP contribution in [0.3, 0.4) is 0 Å². The lowest BCUT2D eigenvalue weighted by molar-refractivity contribution is 0.0949. The van der Waals surface area contributed by atoms with E-state index in [1.807, 2.05) is 0 Å². The van der Waals surface area contributed by atoms with E-state index in [4.69, 9.17) is 9.47 Å². The number of ether oxygens (including phenoxy) is 2. The minimum absolute atomic E-state index is 0.00554. The molecule has 2 amide bonds. The van der Waals surface area contributed by atoms with E-state index in [1.165, 1.54) is 24.3 Å². The van der Waals surface area contributed by atoms with Crippen LogP contribution in [0, 0.1) is 0 Å². The standard InChI is InChI=1S/C20H23N9O4/c1-21-18(30)16-15(10-25-29(16)5-6-32-2)28-20(31)33-19-17(26-13-7-22-11-23-8-13)24-9-14(27-19)12-3-4-12/h7-12H,3-6H2,1-2H3,(H,21,30)(H,24,26)(H,28,31). The lowest BCUT2D eigenvalue weighted by atomic mass is 10.3. The Morgan fingerprint density at radius 1 is 1.18 bits per heavy atom. The molecule has 1 saturated carbocycles. The Morgan fingerprint density at radius 3 is 2.67 bits per heavy atom. The van der Waals surface area contributed by atoms with Crippen LogP contribution in [0.4, 0.5) is 22.0 Å². The number of rotatable bonds is 9. The lowest BCUT2D eigenvalue weighted by Crippen LogP contribution is -2.26. The number of nitrogens with zero attached hydrogens (tertiary/aromatic N) is 6. The number of carbonyl (C=O) groups excluding carboxylic acids is 2. The smallest absolute Gasteiger partial charge is 0.387 e. The van der Waals surface area contributed by atoms with Gasteiger partial charge < -0.3 is 20.1 Å². The van der Waals surface area contributed by atoms with E-state index in [9.17, 15) is 9.59 Å². The second-order valence-corrected chi connectivity index (χ2v) is 7.19. The van der Waals surface area contributed by atoms with Crippen molar-refractivity contribution in [2.24, 2.45) is 0 Å². The fourth-order valence-corrected chi connectivity index (χ4v) is 3.02. The van der Waals surface area contributed by atoms with Gasteiger partial charge in [-0.05, 0) is 12.8 Å². The van der Waals surface area contributed by atoms with E-state index in [0.717, 1.165) is 18.5 Å². The number of hydrogen-bond acceptors (Lipinski definition) is 10. The highest BCUT2D eigenvalue weighted by molar-refractivity contribution is 6.01. The molecule has 0 unspecified atom stereocenters. The van der Waals surface area contributed by atoms with Crippen molar-refractivity contribution in [1.82, 2.24) is 35.0 Å². The summed E-state index contributed by atoms with van der Waals surface area (Å²) in [6.07, 6.45) is 8.70. The number of methoxy groups -OCH3 is 1. The molecule has 3 aromatic rings. The van der Waals surface area contributed by atoms with Crippen molar-refractivity contribution in [3.05, 3.63) is 42.5 Å². The predicted octanol–water partition coefficient (Wildman–Crippen LogP) is 1.70. The predicted molar refractivity (Wildman–Crippen MR) is 116 cm³/mol. The van der Waals surface area contributed by atoms with Crippen LogP contribution in [0.5, 0.6) is 5.88 Å². The zero-order chi connectivity index (χ0) is 23.2. The molecule has 0 atom stereocenters. The minimum Gasteiger partial charge on any atom is -0.387 e. The summed E-state index contributed by atoms with van der Waals surface area (Å²) in [5.41, 5.74) is 1.65. The van der Waals surface area contributed by atoms with Crippen molar-refractivity contribution >= 4 is 29.2 Å². The highest BCUT2D eigenvalue weighted by Gasteiger charge is 2.27. The van der Waals surface area contributed by atoms with Crippen LogP contribution >= 0.6 is 0 Å². The summed E-state index contributed by atoms with van der Waals surface area (Å²) in [5.74, 6) is 0.109. The van der Waals surface area contributed by atoms with Crippen LogP contribution in [-0.2, 0) is 11.3 Å². The van der Waals surface area contributed by atoms with Gasteiger partial charge in [-0.1, -0.05) is 0 Å². The average Bonchev–Trinajstić information content (AvgIpc) is 3.60. The maximum atomic E-state index is 12.7. The van der Waals surface area contributed by atoms with Gasteiger partial charge in [0.05, 0.1) is 55.0 Å². The fourth-order valence-electron chi connectivity index (χ4n) is 3.02. The molecule has 0 aromatic carbocycles. The van der Waals surface area contributed by atoms with Gasteiger partial charge in [0.2, 0.25) is 0 Å². The van der Waals surface area contributed by atoms with E-state index in [0.29, 0.717) is 24.8 Å².